The highest BCUT2D eigenvalue weighted by Gasteiger charge is 2.34. The fourth-order valence-electron chi connectivity index (χ4n) is 2.22. The van der Waals surface area contributed by atoms with Gasteiger partial charge in [-0.1, -0.05) is 39.0 Å². The molecule has 0 amide bonds. The summed E-state index contributed by atoms with van der Waals surface area (Å²) in [6.07, 6.45) is 7.30. The zero-order chi connectivity index (χ0) is 9.73. The summed E-state index contributed by atoms with van der Waals surface area (Å²) in [7, 11) is 0. The third-order valence-electron chi connectivity index (χ3n) is 3.15. The molecular formula is C11H22O2. The van der Waals surface area contributed by atoms with E-state index in [9.17, 15) is 10.2 Å². The van der Waals surface area contributed by atoms with Crippen molar-refractivity contribution in [1.82, 2.24) is 0 Å². The largest absolute Gasteiger partial charge is 0.390 e. The van der Waals surface area contributed by atoms with E-state index in [2.05, 4.69) is 0 Å². The molecule has 0 aromatic carbocycles. The van der Waals surface area contributed by atoms with E-state index in [1.54, 1.807) is 0 Å². The Morgan fingerprint density at radius 2 is 1.69 bits per heavy atom. The maximum absolute atomic E-state index is 10.2. The van der Waals surface area contributed by atoms with E-state index in [0.29, 0.717) is 0 Å². The normalized spacial score (nSPS) is 25.2. The maximum atomic E-state index is 10.2. The molecule has 78 valence electrons. The summed E-state index contributed by atoms with van der Waals surface area (Å²) in [6.45, 7) is 2.04. The lowest BCUT2D eigenvalue weighted by atomic mass is 9.86. The molecule has 0 saturated heterocycles. The first-order chi connectivity index (χ1) is 6.19. The molecule has 1 unspecified atom stereocenters. The van der Waals surface area contributed by atoms with Crippen LogP contribution in [0.1, 0.15) is 58.3 Å². The van der Waals surface area contributed by atoms with Crippen molar-refractivity contribution < 1.29 is 10.2 Å². The molecular weight excluding hydrogens is 164 g/mol. The van der Waals surface area contributed by atoms with Gasteiger partial charge in [-0.05, 0) is 19.3 Å². The van der Waals surface area contributed by atoms with Crippen molar-refractivity contribution in [2.45, 2.75) is 70.0 Å². The molecule has 1 aliphatic rings. The van der Waals surface area contributed by atoms with Gasteiger partial charge in [0, 0.05) is 0 Å². The Balaban J connectivity index is 2.49. The van der Waals surface area contributed by atoms with Crippen LogP contribution in [0.2, 0.25) is 0 Å². The fraction of sp³-hybridized carbons (Fsp3) is 1.00. The molecule has 0 aromatic heterocycles. The number of aliphatic hydroxyl groups excluding tert-OH is 1. The van der Waals surface area contributed by atoms with E-state index in [-0.39, 0.29) is 0 Å². The third kappa shape index (κ3) is 2.96. The molecule has 0 aliphatic heterocycles. The first kappa shape index (κ1) is 11.0. The Morgan fingerprint density at radius 1 is 1.15 bits per heavy atom. The second-order valence-corrected chi connectivity index (χ2v) is 4.32. The quantitative estimate of drug-likeness (QED) is 0.664. The fourth-order valence-corrected chi connectivity index (χ4v) is 2.22. The van der Waals surface area contributed by atoms with Gasteiger partial charge in [-0.15, -0.1) is 0 Å². The summed E-state index contributed by atoms with van der Waals surface area (Å²) in [4.78, 5) is 0. The van der Waals surface area contributed by atoms with E-state index in [1.165, 1.54) is 12.8 Å². The Kier molecular flexibility index (Phi) is 4.20. The lowest BCUT2D eigenvalue weighted by Gasteiger charge is -2.31. The van der Waals surface area contributed by atoms with Crippen molar-refractivity contribution in [3.8, 4) is 0 Å². The van der Waals surface area contributed by atoms with Gasteiger partial charge in [-0.3, -0.25) is 0 Å². The molecule has 0 heterocycles. The van der Waals surface area contributed by atoms with Crippen LogP contribution in [-0.4, -0.2) is 21.9 Å². The van der Waals surface area contributed by atoms with Crippen molar-refractivity contribution in [3.63, 3.8) is 0 Å². The van der Waals surface area contributed by atoms with Gasteiger partial charge in [0.05, 0.1) is 11.7 Å². The van der Waals surface area contributed by atoms with Crippen molar-refractivity contribution in [2.75, 3.05) is 0 Å². The number of rotatable bonds is 3. The van der Waals surface area contributed by atoms with Crippen LogP contribution in [0.3, 0.4) is 0 Å². The molecule has 1 atom stereocenters. The summed E-state index contributed by atoms with van der Waals surface area (Å²) in [5.41, 5.74) is -0.771. The SMILES string of the molecule is CCCC(O)C1(O)CCCCCC1. The van der Waals surface area contributed by atoms with Gasteiger partial charge >= 0.3 is 0 Å². The highest BCUT2D eigenvalue weighted by Crippen LogP contribution is 2.31. The van der Waals surface area contributed by atoms with Crippen LogP contribution >= 0.6 is 0 Å². The van der Waals surface area contributed by atoms with Gasteiger partial charge < -0.3 is 10.2 Å². The zero-order valence-corrected chi connectivity index (χ0v) is 8.63. The minimum Gasteiger partial charge on any atom is -0.390 e. The van der Waals surface area contributed by atoms with E-state index in [1.807, 2.05) is 6.92 Å². The predicted molar refractivity (Wildman–Crippen MR) is 53.6 cm³/mol. The second-order valence-electron chi connectivity index (χ2n) is 4.32. The van der Waals surface area contributed by atoms with E-state index < -0.39 is 11.7 Å². The standard InChI is InChI=1S/C11H22O2/c1-2-7-10(12)11(13)8-5-3-4-6-9-11/h10,12-13H,2-9H2,1H3. The smallest absolute Gasteiger partial charge is 0.0905 e. The molecule has 1 rings (SSSR count). The average molecular weight is 186 g/mol. The number of aliphatic hydroxyl groups is 2. The lowest BCUT2D eigenvalue weighted by molar-refractivity contribution is -0.0874. The van der Waals surface area contributed by atoms with Crippen molar-refractivity contribution in [2.24, 2.45) is 0 Å². The van der Waals surface area contributed by atoms with Crippen LogP contribution < -0.4 is 0 Å². The molecule has 0 bridgehead atoms. The summed E-state index contributed by atoms with van der Waals surface area (Å²) in [5.74, 6) is 0. The minimum atomic E-state index is -0.771. The lowest BCUT2D eigenvalue weighted by Crippen LogP contribution is -2.41. The van der Waals surface area contributed by atoms with Gasteiger partial charge in [0.1, 0.15) is 0 Å². The summed E-state index contributed by atoms with van der Waals surface area (Å²) < 4.78 is 0. The summed E-state index contributed by atoms with van der Waals surface area (Å²) in [6, 6.07) is 0. The molecule has 0 aromatic rings. The topological polar surface area (TPSA) is 40.5 Å². The van der Waals surface area contributed by atoms with E-state index in [4.69, 9.17) is 0 Å². The van der Waals surface area contributed by atoms with Gasteiger partial charge in [0.25, 0.3) is 0 Å². The summed E-state index contributed by atoms with van der Waals surface area (Å²) >= 11 is 0. The molecule has 1 fully saturated rings. The maximum Gasteiger partial charge on any atom is 0.0905 e. The number of hydrogen-bond acceptors (Lipinski definition) is 2. The number of hydrogen-bond donors (Lipinski definition) is 2. The van der Waals surface area contributed by atoms with Crippen LogP contribution in [0.15, 0.2) is 0 Å². The Morgan fingerprint density at radius 3 is 2.15 bits per heavy atom. The molecule has 1 aliphatic carbocycles. The van der Waals surface area contributed by atoms with Crippen LogP contribution in [0.25, 0.3) is 0 Å². The van der Waals surface area contributed by atoms with E-state index in [0.717, 1.165) is 38.5 Å². The Hall–Kier alpha value is -0.0800. The first-order valence-electron chi connectivity index (χ1n) is 5.59. The van der Waals surface area contributed by atoms with Gasteiger partial charge in [0.2, 0.25) is 0 Å². The molecule has 0 spiro atoms. The van der Waals surface area contributed by atoms with Crippen molar-refractivity contribution in [1.29, 1.82) is 0 Å². The van der Waals surface area contributed by atoms with Gasteiger partial charge in [-0.25, -0.2) is 0 Å². The van der Waals surface area contributed by atoms with Crippen molar-refractivity contribution in [3.05, 3.63) is 0 Å². The molecule has 2 heteroatoms. The second kappa shape index (κ2) is 4.97. The third-order valence-corrected chi connectivity index (χ3v) is 3.15. The Labute approximate surface area is 81.0 Å². The molecule has 0 radical (unpaired) electrons. The molecule has 2 nitrogen and oxygen atoms in total. The van der Waals surface area contributed by atoms with Crippen LogP contribution in [0, 0.1) is 0 Å². The highest BCUT2D eigenvalue weighted by atomic mass is 16.3. The average Bonchev–Trinajstić information content (AvgIpc) is 2.32. The van der Waals surface area contributed by atoms with Crippen LogP contribution in [0.4, 0.5) is 0 Å². The minimum absolute atomic E-state index is 0.504. The monoisotopic (exact) mass is 186 g/mol. The van der Waals surface area contributed by atoms with Gasteiger partial charge in [0.15, 0.2) is 0 Å². The van der Waals surface area contributed by atoms with Crippen molar-refractivity contribution >= 4 is 0 Å². The van der Waals surface area contributed by atoms with Gasteiger partial charge in [-0.2, -0.15) is 0 Å². The molecule has 2 N–H and O–H groups in total. The molecule has 1 saturated carbocycles. The predicted octanol–water partition coefficient (Wildman–Crippen LogP) is 2.23. The first-order valence-corrected chi connectivity index (χ1v) is 5.59. The van der Waals surface area contributed by atoms with Crippen LogP contribution in [0.5, 0.6) is 0 Å². The summed E-state index contributed by atoms with van der Waals surface area (Å²) in [5, 5.41) is 20.0. The Bertz CT molecular complexity index is 137. The van der Waals surface area contributed by atoms with E-state index >= 15 is 0 Å². The molecule has 13 heavy (non-hydrogen) atoms. The highest BCUT2D eigenvalue weighted by molar-refractivity contribution is 4.87. The van der Waals surface area contributed by atoms with Crippen LogP contribution in [-0.2, 0) is 0 Å². The zero-order valence-electron chi connectivity index (χ0n) is 8.63.